The fraction of sp³-hybridized carbons (Fsp3) is 0.455. The fourth-order valence-corrected chi connectivity index (χ4v) is 3.24. The van der Waals surface area contributed by atoms with Crippen LogP contribution >= 0.6 is 36.4 Å². The first kappa shape index (κ1) is 28.8. The lowest BCUT2D eigenvalue weighted by atomic mass is 10.2. The highest BCUT2D eigenvalue weighted by molar-refractivity contribution is 6.32. The van der Waals surface area contributed by atoms with E-state index in [0.29, 0.717) is 29.7 Å². The third kappa shape index (κ3) is 9.27. The monoisotopic (exact) mass is 480 g/mol. The van der Waals surface area contributed by atoms with Crippen molar-refractivity contribution in [3.05, 3.63) is 58.4 Å². The smallest absolute Gasteiger partial charge is 0.180 e. The summed E-state index contributed by atoms with van der Waals surface area (Å²) in [6.07, 6.45) is 1.10. The number of rotatable bonds is 12. The van der Waals surface area contributed by atoms with E-state index in [0.717, 1.165) is 43.7 Å². The van der Waals surface area contributed by atoms with Crippen LogP contribution in [0.15, 0.2) is 36.4 Å². The summed E-state index contributed by atoms with van der Waals surface area (Å²) in [6.45, 7) is 9.59. The average Bonchev–Trinajstić information content (AvgIpc) is 2.70. The van der Waals surface area contributed by atoms with Gasteiger partial charge in [-0.15, -0.1) is 24.8 Å². The number of halogens is 4. The molecule has 4 nitrogen and oxygen atoms in total. The van der Waals surface area contributed by atoms with Gasteiger partial charge in [0.25, 0.3) is 0 Å². The number of nitrogens with one attached hydrogen (secondary N) is 1. The minimum absolute atomic E-state index is 0. The molecular weight excluding hydrogens is 450 g/mol. The molecule has 0 aromatic heterocycles. The van der Waals surface area contributed by atoms with Crippen molar-refractivity contribution in [2.75, 3.05) is 33.3 Å². The van der Waals surface area contributed by atoms with Crippen LogP contribution in [0.4, 0.5) is 4.39 Å². The van der Waals surface area contributed by atoms with Crippen molar-refractivity contribution in [2.24, 2.45) is 0 Å². The highest BCUT2D eigenvalue weighted by atomic mass is 35.5. The third-order valence-corrected chi connectivity index (χ3v) is 4.92. The molecule has 0 heterocycles. The van der Waals surface area contributed by atoms with Gasteiger partial charge in [-0.1, -0.05) is 37.6 Å². The molecule has 2 aromatic carbocycles. The van der Waals surface area contributed by atoms with Gasteiger partial charge in [-0.3, -0.25) is 0 Å². The minimum Gasteiger partial charge on any atom is -0.493 e. The Morgan fingerprint density at radius 3 is 2.30 bits per heavy atom. The topological polar surface area (TPSA) is 33.7 Å². The van der Waals surface area contributed by atoms with Gasteiger partial charge in [-0.2, -0.15) is 0 Å². The largest absolute Gasteiger partial charge is 0.493 e. The maximum Gasteiger partial charge on any atom is 0.180 e. The molecule has 0 spiro atoms. The van der Waals surface area contributed by atoms with Gasteiger partial charge in [0.05, 0.1) is 12.1 Å². The Labute approximate surface area is 196 Å². The Balaban J connectivity index is 0.00000420. The first-order valence-corrected chi connectivity index (χ1v) is 10.1. The molecular formula is C22H32Cl3FN2O2. The second-order valence-electron chi connectivity index (χ2n) is 6.58. The normalized spacial score (nSPS) is 10.3. The van der Waals surface area contributed by atoms with E-state index in [-0.39, 0.29) is 30.6 Å². The molecule has 0 amide bonds. The van der Waals surface area contributed by atoms with Crippen molar-refractivity contribution in [1.82, 2.24) is 10.2 Å². The number of hydrogen-bond acceptors (Lipinski definition) is 4. The second kappa shape index (κ2) is 15.5. The molecule has 0 aliphatic heterocycles. The van der Waals surface area contributed by atoms with Gasteiger partial charge in [0.15, 0.2) is 11.5 Å². The van der Waals surface area contributed by atoms with Crippen LogP contribution in [0.5, 0.6) is 11.5 Å². The molecule has 0 aliphatic carbocycles. The predicted molar refractivity (Wildman–Crippen MR) is 127 cm³/mol. The first-order valence-electron chi connectivity index (χ1n) is 9.74. The zero-order chi connectivity index (χ0) is 20.4. The van der Waals surface area contributed by atoms with E-state index in [1.165, 1.54) is 12.1 Å². The molecule has 170 valence electrons. The van der Waals surface area contributed by atoms with Crippen molar-refractivity contribution < 1.29 is 13.9 Å². The van der Waals surface area contributed by atoms with Crippen LogP contribution in [-0.2, 0) is 13.2 Å². The SMILES string of the molecule is CCN(CC)CCCNCc1cc(Cl)c(OCc2ccc(F)cc2)c(OC)c1.Cl.Cl. The molecule has 8 heteroatoms. The summed E-state index contributed by atoms with van der Waals surface area (Å²) in [5.74, 6) is 0.821. The molecule has 0 saturated carbocycles. The van der Waals surface area contributed by atoms with Gasteiger partial charge < -0.3 is 19.7 Å². The van der Waals surface area contributed by atoms with Crippen LogP contribution in [0.25, 0.3) is 0 Å². The van der Waals surface area contributed by atoms with Crippen LogP contribution in [-0.4, -0.2) is 38.2 Å². The number of nitrogens with zero attached hydrogens (tertiary/aromatic N) is 1. The van der Waals surface area contributed by atoms with E-state index >= 15 is 0 Å². The van der Waals surface area contributed by atoms with Crippen LogP contribution in [0, 0.1) is 5.82 Å². The van der Waals surface area contributed by atoms with E-state index in [1.54, 1.807) is 19.2 Å². The van der Waals surface area contributed by atoms with Gasteiger partial charge in [0.1, 0.15) is 12.4 Å². The van der Waals surface area contributed by atoms with Gasteiger partial charge in [0, 0.05) is 6.54 Å². The summed E-state index contributed by atoms with van der Waals surface area (Å²) in [5.41, 5.74) is 1.90. The Morgan fingerprint density at radius 2 is 1.70 bits per heavy atom. The quantitative estimate of drug-likeness (QED) is 0.392. The third-order valence-electron chi connectivity index (χ3n) is 4.64. The van der Waals surface area contributed by atoms with Crippen LogP contribution in [0.1, 0.15) is 31.4 Å². The lowest BCUT2D eigenvalue weighted by Crippen LogP contribution is -2.27. The van der Waals surface area contributed by atoms with Crippen LogP contribution < -0.4 is 14.8 Å². The van der Waals surface area contributed by atoms with Crippen LogP contribution in [0.3, 0.4) is 0 Å². The highest BCUT2D eigenvalue weighted by Gasteiger charge is 2.12. The Morgan fingerprint density at radius 1 is 1.03 bits per heavy atom. The number of benzene rings is 2. The zero-order valence-corrected chi connectivity index (χ0v) is 20.1. The summed E-state index contributed by atoms with van der Waals surface area (Å²) < 4.78 is 24.3. The molecule has 2 aromatic rings. The summed E-state index contributed by atoms with van der Waals surface area (Å²) >= 11 is 6.42. The molecule has 2 rings (SSSR count). The van der Waals surface area contributed by atoms with E-state index in [1.807, 2.05) is 12.1 Å². The van der Waals surface area contributed by atoms with E-state index in [2.05, 4.69) is 24.1 Å². The Hall–Kier alpha value is -1.24. The van der Waals surface area contributed by atoms with E-state index in [9.17, 15) is 4.39 Å². The molecule has 0 radical (unpaired) electrons. The zero-order valence-electron chi connectivity index (χ0n) is 17.7. The van der Waals surface area contributed by atoms with Crippen LogP contribution in [0.2, 0.25) is 5.02 Å². The molecule has 0 fully saturated rings. The summed E-state index contributed by atoms with van der Waals surface area (Å²) in [6, 6.07) is 10.0. The summed E-state index contributed by atoms with van der Waals surface area (Å²) in [7, 11) is 1.59. The molecule has 0 aliphatic rings. The fourth-order valence-electron chi connectivity index (χ4n) is 2.95. The lowest BCUT2D eigenvalue weighted by Gasteiger charge is -2.18. The van der Waals surface area contributed by atoms with Crippen molar-refractivity contribution in [1.29, 1.82) is 0 Å². The van der Waals surface area contributed by atoms with Gasteiger partial charge in [-0.05, 0) is 68.0 Å². The van der Waals surface area contributed by atoms with Gasteiger partial charge in [0.2, 0.25) is 0 Å². The predicted octanol–water partition coefficient (Wildman–Crippen LogP) is 5.73. The Kier molecular flexibility index (Phi) is 14.9. The Bertz CT molecular complexity index is 729. The highest BCUT2D eigenvalue weighted by Crippen LogP contribution is 2.37. The van der Waals surface area contributed by atoms with Crippen molar-refractivity contribution in [3.63, 3.8) is 0 Å². The van der Waals surface area contributed by atoms with Gasteiger partial charge in [-0.25, -0.2) is 4.39 Å². The number of ether oxygens (including phenoxy) is 2. The molecule has 30 heavy (non-hydrogen) atoms. The van der Waals surface area contributed by atoms with E-state index in [4.69, 9.17) is 21.1 Å². The number of methoxy groups -OCH3 is 1. The molecule has 0 unspecified atom stereocenters. The first-order chi connectivity index (χ1) is 13.6. The molecule has 1 N–H and O–H groups in total. The van der Waals surface area contributed by atoms with Crippen molar-refractivity contribution in [2.45, 2.75) is 33.4 Å². The number of hydrogen-bond donors (Lipinski definition) is 1. The lowest BCUT2D eigenvalue weighted by molar-refractivity contribution is 0.284. The van der Waals surface area contributed by atoms with Crippen molar-refractivity contribution in [3.8, 4) is 11.5 Å². The van der Waals surface area contributed by atoms with Gasteiger partial charge >= 0.3 is 0 Å². The molecule has 0 saturated heterocycles. The summed E-state index contributed by atoms with van der Waals surface area (Å²) in [5, 5.41) is 3.95. The second-order valence-corrected chi connectivity index (χ2v) is 6.99. The molecule has 0 atom stereocenters. The maximum absolute atomic E-state index is 13.0. The minimum atomic E-state index is -0.270. The molecule has 0 bridgehead atoms. The average molecular weight is 482 g/mol. The standard InChI is InChI=1S/C22H30ClFN2O2.2ClH/c1-4-26(5-2)12-6-11-25-15-18-13-20(23)22(21(14-18)27-3)28-16-17-7-9-19(24)10-8-17;;/h7-10,13-14,25H,4-6,11-12,15-16H2,1-3H3;2*1H. The van der Waals surface area contributed by atoms with Crippen molar-refractivity contribution >= 4 is 36.4 Å². The summed E-state index contributed by atoms with van der Waals surface area (Å²) in [4.78, 5) is 2.41. The van der Waals surface area contributed by atoms with E-state index < -0.39 is 0 Å². The maximum atomic E-state index is 13.0.